The van der Waals surface area contributed by atoms with E-state index in [1.165, 1.54) is 32.4 Å². The second-order valence-corrected chi connectivity index (χ2v) is 8.20. The number of ether oxygens (including phenoxy) is 1. The van der Waals surface area contributed by atoms with E-state index in [9.17, 15) is 0 Å². The van der Waals surface area contributed by atoms with Gasteiger partial charge in [0.15, 0.2) is 0 Å². The second-order valence-electron chi connectivity index (χ2n) is 6.73. The van der Waals surface area contributed by atoms with Crippen LogP contribution in [-0.4, -0.2) is 36.1 Å². The summed E-state index contributed by atoms with van der Waals surface area (Å²) in [4.78, 5) is 7.31. The number of nitrogens with zero attached hydrogens (tertiary/aromatic N) is 2. The molecule has 1 aliphatic rings. The summed E-state index contributed by atoms with van der Waals surface area (Å²) in [7, 11) is 0. The molecule has 0 amide bonds. The Bertz CT molecular complexity index is 873. The molecule has 1 aromatic heterocycles. The Kier molecular flexibility index (Phi) is 5.73. The first kappa shape index (κ1) is 17.8. The highest BCUT2D eigenvalue weighted by Gasteiger charge is 2.13. The zero-order valence-corrected chi connectivity index (χ0v) is 16.4. The van der Waals surface area contributed by atoms with Crippen molar-refractivity contribution >= 4 is 33.2 Å². The van der Waals surface area contributed by atoms with E-state index in [1.54, 1.807) is 11.3 Å². The van der Waals surface area contributed by atoms with Crippen molar-refractivity contribution in [3.8, 4) is 16.3 Å². The molecule has 5 heteroatoms. The monoisotopic (exact) mass is 386 g/mol. The maximum absolute atomic E-state index is 6.12. The van der Waals surface area contributed by atoms with Gasteiger partial charge in [-0.25, -0.2) is 4.98 Å². The number of thiazole rings is 1. The second kappa shape index (κ2) is 8.38. The van der Waals surface area contributed by atoms with Gasteiger partial charge < -0.3 is 9.64 Å². The molecule has 0 bridgehead atoms. The van der Waals surface area contributed by atoms with Gasteiger partial charge in [0, 0.05) is 11.6 Å². The van der Waals surface area contributed by atoms with E-state index in [4.69, 9.17) is 21.3 Å². The van der Waals surface area contributed by atoms with Gasteiger partial charge in [-0.2, -0.15) is 0 Å². The first-order chi connectivity index (χ1) is 12.8. The molecule has 3 aromatic rings. The van der Waals surface area contributed by atoms with Gasteiger partial charge in [0.2, 0.25) is 0 Å². The van der Waals surface area contributed by atoms with Crippen molar-refractivity contribution < 1.29 is 4.74 Å². The van der Waals surface area contributed by atoms with Crippen LogP contribution in [0.15, 0.2) is 42.5 Å². The van der Waals surface area contributed by atoms with Crippen molar-refractivity contribution in [2.24, 2.45) is 0 Å². The van der Waals surface area contributed by atoms with Gasteiger partial charge in [0.05, 0.1) is 22.4 Å². The Morgan fingerprint density at radius 2 is 1.92 bits per heavy atom. The molecule has 0 N–H and O–H groups in total. The number of benzene rings is 2. The Morgan fingerprint density at radius 3 is 2.81 bits per heavy atom. The highest BCUT2D eigenvalue weighted by Crippen LogP contribution is 2.36. The van der Waals surface area contributed by atoms with E-state index in [-0.39, 0.29) is 0 Å². The minimum absolute atomic E-state index is 0.740. The fraction of sp³-hybridized carbons (Fsp3) is 0.381. The van der Waals surface area contributed by atoms with Crippen molar-refractivity contribution in [3.63, 3.8) is 0 Å². The summed E-state index contributed by atoms with van der Waals surface area (Å²) in [5, 5.41) is 1.73. The highest BCUT2D eigenvalue weighted by molar-refractivity contribution is 7.21. The SMILES string of the molecule is Clc1ccc2nc(-c3ccccc3OCCCN3CCCCC3)sc2c1. The topological polar surface area (TPSA) is 25.4 Å². The Hall–Kier alpha value is -1.62. The van der Waals surface area contributed by atoms with Gasteiger partial charge in [-0.3, -0.25) is 0 Å². The number of rotatable bonds is 6. The summed E-state index contributed by atoms with van der Waals surface area (Å²) in [6.07, 6.45) is 5.12. The summed E-state index contributed by atoms with van der Waals surface area (Å²) >= 11 is 7.76. The number of hydrogen-bond donors (Lipinski definition) is 0. The normalized spacial score (nSPS) is 15.4. The van der Waals surface area contributed by atoms with E-state index < -0.39 is 0 Å². The largest absolute Gasteiger partial charge is 0.493 e. The molecule has 2 heterocycles. The third-order valence-electron chi connectivity index (χ3n) is 4.79. The smallest absolute Gasteiger partial charge is 0.129 e. The molecule has 0 radical (unpaired) electrons. The van der Waals surface area contributed by atoms with Crippen LogP contribution in [0.5, 0.6) is 5.75 Å². The van der Waals surface area contributed by atoms with E-state index in [0.717, 1.165) is 51.1 Å². The minimum atomic E-state index is 0.740. The van der Waals surface area contributed by atoms with Crippen molar-refractivity contribution in [2.75, 3.05) is 26.2 Å². The van der Waals surface area contributed by atoms with Gasteiger partial charge in [0.1, 0.15) is 10.8 Å². The maximum Gasteiger partial charge on any atom is 0.129 e. The van der Waals surface area contributed by atoms with Gasteiger partial charge in [-0.05, 0) is 62.7 Å². The molecule has 0 aliphatic carbocycles. The predicted octanol–water partition coefficient (Wildman–Crippen LogP) is 5.87. The van der Waals surface area contributed by atoms with Gasteiger partial charge in [0.25, 0.3) is 0 Å². The molecule has 1 fully saturated rings. The Morgan fingerprint density at radius 1 is 1.08 bits per heavy atom. The zero-order chi connectivity index (χ0) is 17.8. The fourth-order valence-corrected chi connectivity index (χ4v) is 4.71. The molecule has 1 saturated heterocycles. The molecule has 136 valence electrons. The first-order valence-electron chi connectivity index (χ1n) is 9.30. The number of fused-ring (bicyclic) bond motifs is 1. The Balaban J connectivity index is 1.44. The van der Waals surface area contributed by atoms with Crippen LogP contribution in [0.25, 0.3) is 20.8 Å². The first-order valence-corrected chi connectivity index (χ1v) is 10.5. The molecule has 4 rings (SSSR count). The third kappa shape index (κ3) is 4.20. The van der Waals surface area contributed by atoms with Crippen LogP contribution >= 0.6 is 22.9 Å². The molecule has 26 heavy (non-hydrogen) atoms. The lowest BCUT2D eigenvalue weighted by Gasteiger charge is -2.26. The van der Waals surface area contributed by atoms with Crippen molar-refractivity contribution in [3.05, 3.63) is 47.5 Å². The Labute approximate surface area is 163 Å². The number of aromatic nitrogens is 1. The summed E-state index contributed by atoms with van der Waals surface area (Å²) in [5.41, 5.74) is 2.04. The van der Waals surface area contributed by atoms with E-state index in [0.29, 0.717) is 0 Å². The quantitative estimate of drug-likeness (QED) is 0.495. The lowest BCUT2D eigenvalue weighted by molar-refractivity contribution is 0.205. The molecule has 1 aliphatic heterocycles. The molecule has 0 saturated carbocycles. The minimum Gasteiger partial charge on any atom is -0.493 e. The fourth-order valence-electron chi connectivity index (χ4n) is 3.44. The molecule has 3 nitrogen and oxygen atoms in total. The lowest BCUT2D eigenvalue weighted by Crippen LogP contribution is -2.31. The van der Waals surface area contributed by atoms with Crippen LogP contribution in [0.2, 0.25) is 5.02 Å². The summed E-state index contributed by atoms with van der Waals surface area (Å²) in [6, 6.07) is 14.0. The molecule has 2 aromatic carbocycles. The summed E-state index contributed by atoms with van der Waals surface area (Å²) in [6.45, 7) is 4.35. The van der Waals surface area contributed by atoms with Crippen LogP contribution in [0.1, 0.15) is 25.7 Å². The van der Waals surface area contributed by atoms with Crippen LogP contribution < -0.4 is 4.74 Å². The van der Waals surface area contributed by atoms with Crippen molar-refractivity contribution in [2.45, 2.75) is 25.7 Å². The number of likely N-dealkylation sites (tertiary alicyclic amines) is 1. The average Bonchev–Trinajstić information content (AvgIpc) is 3.09. The third-order valence-corrected chi connectivity index (χ3v) is 6.08. The van der Waals surface area contributed by atoms with Crippen LogP contribution in [0.3, 0.4) is 0 Å². The van der Waals surface area contributed by atoms with Crippen LogP contribution in [-0.2, 0) is 0 Å². The molecular formula is C21H23ClN2OS. The number of hydrogen-bond acceptors (Lipinski definition) is 4. The van der Waals surface area contributed by atoms with Crippen molar-refractivity contribution in [1.29, 1.82) is 0 Å². The van der Waals surface area contributed by atoms with Crippen molar-refractivity contribution in [1.82, 2.24) is 9.88 Å². The highest BCUT2D eigenvalue weighted by atomic mass is 35.5. The molecule has 0 spiro atoms. The summed E-state index contributed by atoms with van der Waals surface area (Å²) < 4.78 is 7.22. The zero-order valence-electron chi connectivity index (χ0n) is 14.8. The van der Waals surface area contributed by atoms with Gasteiger partial charge in [-0.15, -0.1) is 11.3 Å². The average molecular weight is 387 g/mol. The summed E-state index contributed by atoms with van der Waals surface area (Å²) in [5.74, 6) is 0.913. The molecular weight excluding hydrogens is 364 g/mol. The molecule has 0 unspecified atom stereocenters. The van der Waals surface area contributed by atoms with E-state index in [1.807, 2.05) is 36.4 Å². The van der Waals surface area contributed by atoms with E-state index in [2.05, 4.69) is 11.0 Å². The van der Waals surface area contributed by atoms with Crippen LogP contribution in [0, 0.1) is 0 Å². The van der Waals surface area contributed by atoms with Gasteiger partial charge >= 0.3 is 0 Å². The van der Waals surface area contributed by atoms with E-state index >= 15 is 0 Å². The molecule has 0 atom stereocenters. The lowest BCUT2D eigenvalue weighted by atomic mass is 10.1. The number of para-hydroxylation sites is 1. The number of piperidine rings is 1. The van der Waals surface area contributed by atoms with Crippen LogP contribution in [0.4, 0.5) is 0 Å². The standard InChI is InChI=1S/C21H23ClN2OS/c22-16-9-10-18-20(15-16)26-21(23-18)17-7-2-3-8-19(17)25-14-6-13-24-11-4-1-5-12-24/h2-3,7-10,15H,1,4-6,11-14H2. The predicted molar refractivity (Wildman–Crippen MR) is 110 cm³/mol. The van der Waals surface area contributed by atoms with Gasteiger partial charge in [-0.1, -0.05) is 30.2 Å². The number of halogens is 1. The maximum atomic E-state index is 6.12.